The number of aliphatic carboxylic acids is 1. The SMILES string of the molecule is COc1cc2c(C(=O)c3ccc(C(=O)CCCc4ccc(Cl)cc4)cc3)ncc(CC(=O)O)c2cc1C. The number of benzene rings is 3. The highest BCUT2D eigenvalue weighted by molar-refractivity contribution is 6.30. The molecule has 0 unspecified atom stereocenters. The maximum atomic E-state index is 13.4. The molecule has 0 radical (unpaired) electrons. The number of fused-ring (bicyclic) bond motifs is 1. The number of ether oxygens (including phenoxy) is 1. The molecule has 4 rings (SSSR count). The lowest BCUT2D eigenvalue weighted by molar-refractivity contribution is -0.136. The first-order valence-electron chi connectivity index (χ1n) is 11.9. The van der Waals surface area contributed by atoms with Gasteiger partial charge in [-0.1, -0.05) is 48.0 Å². The summed E-state index contributed by atoms with van der Waals surface area (Å²) in [5.41, 5.74) is 3.59. The van der Waals surface area contributed by atoms with Crippen LogP contribution in [0.1, 0.15) is 55.9 Å². The van der Waals surface area contributed by atoms with Crippen molar-refractivity contribution < 1.29 is 24.2 Å². The van der Waals surface area contributed by atoms with Crippen LogP contribution in [0.15, 0.2) is 66.9 Å². The zero-order valence-corrected chi connectivity index (χ0v) is 21.3. The first-order chi connectivity index (χ1) is 17.8. The number of hydrogen-bond acceptors (Lipinski definition) is 5. The number of hydrogen-bond donors (Lipinski definition) is 1. The van der Waals surface area contributed by atoms with Crippen molar-refractivity contribution in [3.63, 3.8) is 0 Å². The lowest BCUT2D eigenvalue weighted by atomic mass is 9.95. The summed E-state index contributed by atoms with van der Waals surface area (Å²) in [7, 11) is 1.54. The van der Waals surface area contributed by atoms with Crippen LogP contribution in [0.5, 0.6) is 5.75 Å². The summed E-state index contributed by atoms with van der Waals surface area (Å²) in [5.74, 6) is -0.714. The minimum absolute atomic E-state index is 0.00905. The second kappa shape index (κ2) is 11.4. The molecule has 0 bridgehead atoms. The molecule has 1 heterocycles. The number of carboxylic acids is 1. The van der Waals surface area contributed by atoms with Crippen molar-refractivity contribution in [2.24, 2.45) is 0 Å². The predicted molar refractivity (Wildman–Crippen MR) is 143 cm³/mol. The molecule has 4 aromatic rings. The van der Waals surface area contributed by atoms with E-state index in [9.17, 15) is 19.5 Å². The van der Waals surface area contributed by atoms with E-state index in [-0.39, 0.29) is 23.7 Å². The molecule has 7 heteroatoms. The van der Waals surface area contributed by atoms with E-state index < -0.39 is 5.97 Å². The monoisotopic (exact) mass is 515 g/mol. The van der Waals surface area contributed by atoms with Crippen molar-refractivity contribution in [1.82, 2.24) is 4.98 Å². The normalized spacial score (nSPS) is 10.9. The molecule has 0 atom stereocenters. The Morgan fingerprint density at radius 2 is 1.62 bits per heavy atom. The van der Waals surface area contributed by atoms with Gasteiger partial charge in [0, 0.05) is 34.2 Å². The molecule has 188 valence electrons. The standard InChI is InChI=1S/C30H26ClNO5/c1-18-14-24-22(15-28(34)35)17-32-29(25(24)16-27(18)37-2)30(36)21-10-8-20(9-11-21)26(33)5-3-4-19-6-12-23(31)13-7-19/h6-14,16-17H,3-5,15H2,1-2H3,(H,34,35). The minimum Gasteiger partial charge on any atom is -0.496 e. The molecule has 0 amide bonds. The van der Waals surface area contributed by atoms with Crippen molar-refractivity contribution in [1.29, 1.82) is 0 Å². The molecular weight excluding hydrogens is 490 g/mol. The summed E-state index contributed by atoms with van der Waals surface area (Å²) in [6, 6.07) is 17.7. The smallest absolute Gasteiger partial charge is 0.307 e. The van der Waals surface area contributed by atoms with Crippen LogP contribution in [0.2, 0.25) is 5.02 Å². The first kappa shape index (κ1) is 26.0. The highest BCUT2D eigenvalue weighted by Gasteiger charge is 2.19. The molecule has 0 aliphatic rings. The Hall–Kier alpha value is -4.03. The minimum atomic E-state index is -0.982. The lowest BCUT2D eigenvalue weighted by Gasteiger charge is -2.13. The topological polar surface area (TPSA) is 93.6 Å². The number of ketones is 2. The van der Waals surface area contributed by atoms with Crippen LogP contribution in [0.3, 0.4) is 0 Å². The fraction of sp³-hybridized carbons (Fsp3) is 0.200. The third-order valence-electron chi connectivity index (χ3n) is 6.29. The highest BCUT2D eigenvalue weighted by Crippen LogP contribution is 2.30. The van der Waals surface area contributed by atoms with Gasteiger partial charge in [-0.15, -0.1) is 0 Å². The number of carbonyl (C=O) groups is 3. The van der Waals surface area contributed by atoms with E-state index in [2.05, 4.69) is 4.98 Å². The fourth-order valence-corrected chi connectivity index (χ4v) is 4.45. The molecule has 6 nitrogen and oxygen atoms in total. The Bertz CT molecular complexity index is 1480. The van der Waals surface area contributed by atoms with Crippen molar-refractivity contribution >= 4 is 39.9 Å². The number of methoxy groups -OCH3 is 1. The second-order valence-electron chi connectivity index (χ2n) is 8.88. The maximum absolute atomic E-state index is 13.4. The van der Waals surface area contributed by atoms with Crippen LogP contribution in [0.4, 0.5) is 0 Å². The highest BCUT2D eigenvalue weighted by atomic mass is 35.5. The third-order valence-corrected chi connectivity index (χ3v) is 6.55. The average molecular weight is 516 g/mol. The van der Waals surface area contributed by atoms with Crippen LogP contribution < -0.4 is 4.74 Å². The summed E-state index contributed by atoms with van der Waals surface area (Å²) in [5, 5.41) is 11.1. The number of nitrogens with zero attached hydrogens (tertiary/aromatic N) is 1. The molecule has 3 aromatic carbocycles. The van der Waals surface area contributed by atoms with E-state index in [1.807, 2.05) is 37.3 Å². The van der Waals surface area contributed by atoms with Gasteiger partial charge in [0.2, 0.25) is 5.78 Å². The number of aryl methyl sites for hydroxylation is 2. The Balaban J connectivity index is 1.54. The zero-order valence-electron chi connectivity index (χ0n) is 20.6. The molecule has 0 spiro atoms. The Morgan fingerprint density at radius 3 is 2.27 bits per heavy atom. The Labute approximate surface area is 219 Å². The number of aromatic nitrogens is 1. The summed E-state index contributed by atoms with van der Waals surface area (Å²) in [6.45, 7) is 1.86. The summed E-state index contributed by atoms with van der Waals surface area (Å²) >= 11 is 5.91. The number of carboxylic acid groups (broad SMARTS) is 1. The number of halogens is 1. The van der Waals surface area contributed by atoms with Gasteiger partial charge >= 0.3 is 5.97 Å². The van der Waals surface area contributed by atoms with Gasteiger partial charge in [0.25, 0.3) is 0 Å². The Morgan fingerprint density at radius 1 is 0.946 bits per heavy atom. The van der Waals surface area contributed by atoms with Gasteiger partial charge in [-0.3, -0.25) is 19.4 Å². The lowest BCUT2D eigenvalue weighted by Crippen LogP contribution is -2.09. The molecule has 1 N–H and O–H groups in total. The van der Waals surface area contributed by atoms with Crippen molar-refractivity contribution in [2.45, 2.75) is 32.6 Å². The maximum Gasteiger partial charge on any atom is 0.307 e. The van der Waals surface area contributed by atoms with Gasteiger partial charge in [-0.2, -0.15) is 0 Å². The van der Waals surface area contributed by atoms with Gasteiger partial charge in [-0.25, -0.2) is 0 Å². The van der Waals surface area contributed by atoms with Gasteiger partial charge in [0.05, 0.1) is 13.5 Å². The van der Waals surface area contributed by atoms with Crippen molar-refractivity contribution in [3.8, 4) is 5.75 Å². The van der Waals surface area contributed by atoms with Crippen LogP contribution >= 0.6 is 11.6 Å². The second-order valence-corrected chi connectivity index (χ2v) is 9.32. The molecule has 37 heavy (non-hydrogen) atoms. The fourth-order valence-electron chi connectivity index (χ4n) is 4.33. The van der Waals surface area contributed by atoms with E-state index >= 15 is 0 Å². The van der Waals surface area contributed by atoms with Crippen LogP contribution in [-0.4, -0.2) is 34.7 Å². The predicted octanol–water partition coefficient (Wildman–Crippen LogP) is 6.27. The number of pyridine rings is 1. The molecule has 0 aliphatic heterocycles. The molecular formula is C30H26ClNO5. The first-order valence-corrected chi connectivity index (χ1v) is 12.2. The average Bonchev–Trinajstić information content (AvgIpc) is 2.89. The van der Waals surface area contributed by atoms with Gasteiger partial charge in [0.15, 0.2) is 5.78 Å². The van der Waals surface area contributed by atoms with E-state index in [0.29, 0.717) is 51.1 Å². The quantitative estimate of drug-likeness (QED) is 0.250. The van der Waals surface area contributed by atoms with Gasteiger partial charge < -0.3 is 9.84 Å². The van der Waals surface area contributed by atoms with Crippen LogP contribution in [-0.2, 0) is 17.6 Å². The molecule has 0 fully saturated rings. The van der Waals surface area contributed by atoms with Gasteiger partial charge in [-0.05, 0) is 66.1 Å². The largest absolute Gasteiger partial charge is 0.496 e. The van der Waals surface area contributed by atoms with E-state index in [4.69, 9.17) is 16.3 Å². The number of carbonyl (C=O) groups excluding carboxylic acids is 2. The van der Waals surface area contributed by atoms with E-state index in [1.165, 1.54) is 13.3 Å². The summed E-state index contributed by atoms with van der Waals surface area (Å²) in [6.07, 6.45) is 3.11. The Kier molecular flexibility index (Phi) is 7.99. The zero-order chi connectivity index (χ0) is 26.5. The number of rotatable bonds is 10. The van der Waals surface area contributed by atoms with E-state index in [1.54, 1.807) is 30.3 Å². The molecule has 0 aliphatic carbocycles. The molecule has 0 saturated heterocycles. The van der Waals surface area contributed by atoms with Gasteiger partial charge in [0.1, 0.15) is 11.4 Å². The molecule has 1 aromatic heterocycles. The van der Waals surface area contributed by atoms with Crippen LogP contribution in [0.25, 0.3) is 10.8 Å². The van der Waals surface area contributed by atoms with E-state index in [0.717, 1.165) is 17.5 Å². The van der Waals surface area contributed by atoms with Crippen LogP contribution in [0, 0.1) is 6.92 Å². The third kappa shape index (κ3) is 6.04. The van der Waals surface area contributed by atoms with Crippen molar-refractivity contribution in [3.05, 3.63) is 105 Å². The number of Topliss-reactive ketones (excluding diaryl/α,β-unsaturated/α-hetero) is 1. The van der Waals surface area contributed by atoms with Crippen molar-refractivity contribution in [2.75, 3.05) is 7.11 Å². The summed E-state index contributed by atoms with van der Waals surface area (Å²) < 4.78 is 5.42. The summed E-state index contributed by atoms with van der Waals surface area (Å²) in [4.78, 5) is 41.7. The molecule has 0 saturated carbocycles.